The van der Waals surface area contributed by atoms with Crippen LogP contribution in [0.5, 0.6) is 0 Å². The maximum absolute atomic E-state index is 11.7. The van der Waals surface area contributed by atoms with Crippen LogP contribution in [0.2, 0.25) is 0 Å². The second kappa shape index (κ2) is 6.63. The Morgan fingerprint density at radius 3 is 2.84 bits per heavy atom. The molecule has 3 atom stereocenters. The highest BCUT2D eigenvalue weighted by Crippen LogP contribution is 2.39. The minimum absolute atomic E-state index is 0.108. The Hall–Kier alpha value is -2.15. The van der Waals surface area contributed by atoms with Crippen LogP contribution < -0.4 is 5.32 Å². The quantitative estimate of drug-likeness (QED) is 0.808. The lowest BCUT2D eigenvalue weighted by Gasteiger charge is -2.19. The summed E-state index contributed by atoms with van der Waals surface area (Å²) in [5.74, 6) is 2.89. The van der Waals surface area contributed by atoms with Crippen LogP contribution in [0, 0.1) is 18.8 Å². The van der Waals surface area contributed by atoms with Gasteiger partial charge in [0.2, 0.25) is 0 Å². The first-order valence-electron chi connectivity index (χ1n) is 9.08. The summed E-state index contributed by atoms with van der Waals surface area (Å²) >= 11 is 0. The number of nitrogens with zero attached hydrogens (tertiary/aromatic N) is 3. The molecule has 7 nitrogen and oxygen atoms in total. The second-order valence-electron chi connectivity index (χ2n) is 7.19. The number of aryl methyl sites for hydroxylation is 1. The lowest BCUT2D eigenvalue weighted by molar-refractivity contribution is -0.144. The lowest BCUT2D eigenvalue weighted by Crippen LogP contribution is -2.31. The third kappa shape index (κ3) is 3.33. The second-order valence-corrected chi connectivity index (χ2v) is 7.19. The van der Waals surface area contributed by atoms with Crippen molar-refractivity contribution < 1.29 is 9.53 Å². The first kappa shape index (κ1) is 16.3. The molecule has 2 N–H and O–H groups in total. The Bertz CT molecular complexity index is 760. The molecule has 1 aliphatic heterocycles. The van der Waals surface area contributed by atoms with E-state index in [0.717, 1.165) is 48.6 Å². The molecule has 0 bridgehead atoms. The molecule has 4 rings (SSSR count). The number of likely N-dealkylation sites (tertiary alicyclic amines) is 1. The van der Waals surface area contributed by atoms with Crippen molar-refractivity contribution in [2.24, 2.45) is 11.8 Å². The molecule has 25 heavy (non-hydrogen) atoms. The summed E-state index contributed by atoms with van der Waals surface area (Å²) in [5.41, 5.74) is 0.883. The monoisotopic (exact) mass is 343 g/mol. The van der Waals surface area contributed by atoms with Gasteiger partial charge in [-0.25, -0.2) is 9.97 Å². The minimum atomic E-state index is -0.108. The maximum atomic E-state index is 11.7. The molecule has 0 spiro atoms. The highest BCUT2D eigenvalue weighted by molar-refractivity contribution is 5.87. The van der Waals surface area contributed by atoms with Crippen LogP contribution >= 0.6 is 0 Å². The number of ether oxygens (including phenoxy) is 1. The van der Waals surface area contributed by atoms with E-state index in [1.165, 1.54) is 0 Å². The number of hydrogen-bond acceptors (Lipinski definition) is 6. The van der Waals surface area contributed by atoms with Crippen molar-refractivity contribution in [1.82, 2.24) is 19.9 Å². The van der Waals surface area contributed by atoms with Gasteiger partial charge in [0.15, 0.2) is 0 Å². The van der Waals surface area contributed by atoms with E-state index in [4.69, 9.17) is 4.74 Å². The summed E-state index contributed by atoms with van der Waals surface area (Å²) in [7, 11) is 0. The molecule has 1 saturated heterocycles. The summed E-state index contributed by atoms with van der Waals surface area (Å²) in [6, 6.07) is 2.46. The average Bonchev–Trinajstić information content (AvgIpc) is 3.21. The number of H-pyrrole nitrogens is 1. The molecule has 1 aliphatic carbocycles. The van der Waals surface area contributed by atoms with E-state index in [2.05, 4.69) is 25.2 Å². The normalized spacial score (nSPS) is 26.1. The molecule has 0 aromatic carbocycles. The first-order chi connectivity index (χ1) is 12.1. The molecule has 2 fully saturated rings. The van der Waals surface area contributed by atoms with Crippen LogP contribution in [0.25, 0.3) is 11.0 Å². The third-order valence-electron chi connectivity index (χ3n) is 5.35. The summed E-state index contributed by atoms with van der Waals surface area (Å²) in [5, 5.41) is 4.68. The van der Waals surface area contributed by atoms with Crippen LogP contribution in [0.3, 0.4) is 0 Å². The molecule has 134 valence electrons. The van der Waals surface area contributed by atoms with E-state index < -0.39 is 0 Å². The number of aromatic nitrogens is 3. The third-order valence-corrected chi connectivity index (χ3v) is 5.35. The van der Waals surface area contributed by atoms with E-state index in [1.54, 1.807) is 0 Å². The van der Waals surface area contributed by atoms with Crippen LogP contribution in [0.1, 0.15) is 25.6 Å². The van der Waals surface area contributed by atoms with Gasteiger partial charge in [-0.1, -0.05) is 0 Å². The fraction of sp³-hybridized carbons (Fsp3) is 0.611. The lowest BCUT2D eigenvalue weighted by atomic mass is 10.0. The molecular formula is C18H25N5O2. The van der Waals surface area contributed by atoms with Gasteiger partial charge in [-0.3, -0.25) is 9.69 Å². The number of rotatable bonds is 5. The molecule has 1 saturated carbocycles. The van der Waals surface area contributed by atoms with E-state index >= 15 is 0 Å². The van der Waals surface area contributed by atoms with Gasteiger partial charge in [0.05, 0.1) is 18.5 Å². The smallest absolute Gasteiger partial charge is 0.320 e. The van der Waals surface area contributed by atoms with Gasteiger partial charge in [-0.15, -0.1) is 0 Å². The predicted octanol–water partition coefficient (Wildman–Crippen LogP) is 1.95. The topological polar surface area (TPSA) is 83.1 Å². The summed E-state index contributed by atoms with van der Waals surface area (Å²) in [6.07, 6.45) is 4.15. The fourth-order valence-electron chi connectivity index (χ4n) is 4.39. The Labute approximate surface area is 147 Å². The zero-order valence-electron chi connectivity index (χ0n) is 14.8. The van der Waals surface area contributed by atoms with Crippen molar-refractivity contribution in [2.75, 3.05) is 31.6 Å². The first-order valence-corrected chi connectivity index (χ1v) is 9.08. The number of hydrogen-bond donors (Lipinski definition) is 2. The van der Waals surface area contributed by atoms with E-state index in [-0.39, 0.29) is 5.97 Å². The molecular weight excluding hydrogens is 318 g/mol. The number of fused-ring (bicyclic) bond motifs is 2. The molecule has 2 aliphatic rings. The maximum Gasteiger partial charge on any atom is 0.320 e. The summed E-state index contributed by atoms with van der Waals surface area (Å²) < 4.78 is 5.06. The number of carbonyl (C=O) groups is 1. The number of aromatic amines is 1. The van der Waals surface area contributed by atoms with Gasteiger partial charge in [0.25, 0.3) is 0 Å². The minimum Gasteiger partial charge on any atom is -0.465 e. The Balaban J connectivity index is 1.37. The zero-order valence-corrected chi connectivity index (χ0v) is 14.8. The van der Waals surface area contributed by atoms with Crippen LogP contribution in [-0.2, 0) is 9.53 Å². The molecule has 2 aromatic rings. The van der Waals surface area contributed by atoms with Crippen molar-refractivity contribution in [3.63, 3.8) is 0 Å². The molecule has 0 radical (unpaired) electrons. The van der Waals surface area contributed by atoms with Crippen molar-refractivity contribution >= 4 is 22.8 Å². The van der Waals surface area contributed by atoms with Crippen LogP contribution in [0.15, 0.2) is 12.3 Å². The SMILES string of the molecule is CCOC(=O)CN1C[C@H]2C[C@@H](Nc3nc(C)nc4[nH]ccc34)C[C@H]2C1. The molecule has 3 heterocycles. The Morgan fingerprint density at radius 1 is 1.36 bits per heavy atom. The van der Waals surface area contributed by atoms with Crippen molar-refractivity contribution in [2.45, 2.75) is 32.7 Å². The van der Waals surface area contributed by atoms with Gasteiger partial charge in [0.1, 0.15) is 17.3 Å². The number of nitrogens with one attached hydrogen (secondary N) is 2. The van der Waals surface area contributed by atoms with Crippen molar-refractivity contribution in [3.8, 4) is 0 Å². The van der Waals surface area contributed by atoms with E-state index in [9.17, 15) is 4.79 Å². The largest absolute Gasteiger partial charge is 0.465 e. The van der Waals surface area contributed by atoms with Crippen LogP contribution in [0.4, 0.5) is 5.82 Å². The average molecular weight is 343 g/mol. The molecule has 7 heteroatoms. The van der Waals surface area contributed by atoms with Gasteiger partial charge in [-0.2, -0.15) is 0 Å². The molecule has 0 unspecified atom stereocenters. The zero-order chi connectivity index (χ0) is 17.4. The molecule has 2 aromatic heterocycles. The predicted molar refractivity (Wildman–Crippen MR) is 95.3 cm³/mol. The number of carbonyl (C=O) groups excluding carboxylic acids is 1. The highest BCUT2D eigenvalue weighted by atomic mass is 16.5. The van der Waals surface area contributed by atoms with Crippen LogP contribution in [-0.4, -0.2) is 58.1 Å². The van der Waals surface area contributed by atoms with Gasteiger partial charge < -0.3 is 15.0 Å². The van der Waals surface area contributed by atoms with Crippen molar-refractivity contribution in [1.29, 1.82) is 0 Å². The highest BCUT2D eigenvalue weighted by Gasteiger charge is 2.41. The fourth-order valence-corrected chi connectivity index (χ4v) is 4.39. The van der Waals surface area contributed by atoms with E-state index in [1.807, 2.05) is 26.1 Å². The Morgan fingerprint density at radius 2 is 2.12 bits per heavy atom. The number of anilines is 1. The Kier molecular flexibility index (Phi) is 4.33. The summed E-state index contributed by atoms with van der Waals surface area (Å²) in [6.45, 7) is 6.63. The van der Waals surface area contributed by atoms with E-state index in [0.29, 0.717) is 31.0 Å². The van der Waals surface area contributed by atoms with Gasteiger partial charge in [0, 0.05) is 25.3 Å². The summed E-state index contributed by atoms with van der Waals surface area (Å²) in [4.78, 5) is 26.1. The molecule has 0 amide bonds. The van der Waals surface area contributed by atoms with Gasteiger partial charge >= 0.3 is 5.97 Å². The van der Waals surface area contributed by atoms with Gasteiger partial charge in [-0.05, 0) is 44.6 Å². The standard InChI is InChI=1S/C18H25N5O2/c1-3-25-16(24)10-23-8-12-6-14(7-13(12)9-23)22-18-15-4-5-19-17(15)20-11(2)21-18/h4-5,12-14H,3,6-10H2,1-2H3,(H2,19,20,21,22)/t12-,13+,14-. The van der Waals surface area contributed by atoms with Crippen molar-refractivity contribution in [3.05, 3.63) is 18.1 Å². The number of esters is 1.